The van der Waals surface area contributed by atoms with Crippen molar-refractivity contribution in [1.29, 1.82) is 0 Å². The van der Waals surface area contributed by atoms with Gasteiger partial charge in [0.05, 0.1) is 24.2 Å². The molecular weight excluding hydrogens is 376 g/mol. The van der Waals surface area contributed by atoms with Crippen molar-refractivity contribution in [2.24, 2.45) is 0 Å². The predicted molar refractivity (Wildman–Crippen MR) is 120 cm³/mol. The maximum atomic E-state index is 13.4. The lowest BCUT2D eigenvalue weighted by molar-refractivity contribution is -0.133. The van der Waals surface area contributed by atoms with E-state index < -0.39 is 0 Å². The summed E-state index contributed by atoms with van der Waals surface area (Å²) in [5, 5.41) is 0. The van der Waals surface area contributed by atoms with Gasteiger partial charge in [-0.15, -0.1) is 0 Å². The van der Waals surface area contributed by atoms with Crippen molar-refractivity contribution in [3.05, 3.63) is 59.9 Å². The summed E-state index contributed by atoms with van der Waals surface area (Å²) in [6.07, 6.45) is 0.788. The summed E-state index contributed by atoms with van der Waals surface area (Å²) in [7, 11) is 1.89. The molecule has 4 rings (SSSR count). The number of rotatable bonds is 6. The second-order valence-corrected chi connectivity index (χ2v) is 7.84. The molecule has 1 amide bonds. The van der Waals surface area contributed by atoms with Gasteiger partial charge < -0.3 is 19.1 Å². The Hall–Kier alpha value is -2.86. The van der Waals surface area contributed by atoms with Crippen LogP contribution >= 0.6 is 0 Å². The molecule has 1 aliphatic rings. The highest BCUT2D eigenvalue weighted by molar-refractivity contribution is 5.84. The normalized spacial score (nSPS) is 15.4. The van der Waals surface area contributed by atoms with Gasteiger partial charge in [0.1, 0.15) is 11.9 Å². The van der Waals surface area contributed by atoms with Crippen LogP contribution in [0.1, 0.15) is 31.3 Å². The summed E-state index contributed by atoms with van der Waals surface area (Å²) in [4.78, 5) is 22.3. The number of imidazole rings is 1. The Morgan fingerprint density at radius 1 is 1.13 bits per heavy atom. The molecule has 6 heteroatoms. The number of aryl methyl sites for hydroxylation is 1. The van der Waals surface area contributed by atoms with Crippen LogP contribution < -0.4 is 4.90 Å². The molecule has 30 heavy (non-hydrogen) atoms. The summed E-state index contributed by atoms with van der Waals surface area (Å²) in [5.74, 6) is 1.03. The number of nitrogens with zero attached hydrogens (tertiary/aromatic N) is 4. The van der Waals surface area contributed by atoms with Gasteiger partial charge in [-0.25, -0.2) is 4.98 Å². The van der Waals surface area contributed by atoms with E-state index in [-0.39, 0.29) is 11.9 Å². The molecule has 2 aromatic carbocycles. The number of amides is 1. The molecule has 1 atom stereocenters. The minimum Gasteiger partial charge on any atom is -0.378 e. The lowest BCUT2D eigenvalue weighted by Gasteiger charge is -2.32. The van der Waals surface area contributed by atoms with Gasteiger partial charge in [0.15, 0.2) is 0 Å². The smallest absolute Gasteiger partial charge is 0.245 e. The minimum atomic E-state index is -0.312. The van der Waals surface area contributed by atoms with Gasteiger partial charge >= 0.3 is 0 Å². The van der Waals surface area contributed by atoms with E-state index in [1.807, 2.05) is 49.2 Å². The summed E-state index contributed by atoms with van der Waals surface area (Å²) in [6, 6.07) is 16.1. The first-order chi connectivity index (χ1) is 14.6. The zero-order chi connectivity index (χ0) is 21.1. The van der Waals surface area contributed by atoms with Crippen molar-refractivity contribution >= 4 is 22.6 Å². The van der Waals surface area contributed by atoms with Gasteiger partial charge in [0.2, 0.25) is 5.91 Å². The number of carbonyl (C=O) groups is 1. The largest absolute Gasteiger partial charge is 0.378 e. The number of para-hydroxylation sites is 3. The Morgan fingerprint density at radius 3 is 2.60 bits per heavy atom. The topological polar surface area (TPSA) is 50.6 Å². The molecule has 0 spiro atoms. The van der Waals surface area contributed by atoms with Gasteiger partial charge in [0, 0.05) is 38.8 Å². The van der Waals surface area contributed by atoms with E-state index in [1.165, 1.54) is 5.69 Å². The number of morpholine rings is 1. The summed E-state index contributed by atoms with van der Waals surface area (Å²) < 4.78 is 7.58. The number of hydrogen-bond donors (Lipinski definition) is 0. The van der Waals surface area contributed by atoms with E-state index >= 15 is 0 Å². The second kappa shape index (κ2) is 8.88. The summed E-state index contributed by atoms with van der Waals surface area (Å²) in [5.41, 5.74) is 4.30. The molecule has 3 aromatic rings. The van der Waals surface area contributed by atoms with Gasteiger partial charge in [-0.1, -0.05) is 37.3 Å². The van der Waals surface area contributed by atoms with E-state index in [9.17, 15) is 4.79 Å². The average molecular weight is 407 g/mol. The molecule has 0 aliphatic carbocycles. The number of likely N-dealkylation sites (N-methyl/N-ethyl adjacent to an activating group) is 1. The third kappa shape index (κ3) is 3.92. The van der Waals surface area contributed by atoms with Crippen molar-refractivity contribution < 1.29 is 9.53 Å². The number of benzene rings is 2. The maximum absolute atomic E-state index is 13.4. The summed E-state index contributed by atoms with van der Waals surface area (Å²) in [6.45, 7) is 7.88. The SMILES string of the molecule is CCc1nc2ccccc2n1C(C)C(=O)N(C)Cc1ccccc1N1CCOCC1. The Morgan fingerprint density at radius 2 is 1.83 bits per heavy atom. The standard InChI is InChI=1S/C24H30N4O2/c1-4-23-25-20-10-6-8-12-22(20)28(23)18(2)24(29)26(3)17-19-9-5-7-11-21(19)27-13-15-30-16-14-27/h5-12,18H,4,13-17H2,1-3H3. The van der Waals surface area contributed by atoms with E-state index in [1.54, 1.807) is 0 Å². The molecule has 158 valence electrons. The highest BCUT2D eigenvalue weighted by atomic mass is 16.5. The fourth-order valence-electron chi connectivity index (χ4n) is 4.30. The molecule has 2 heterocycles. The van der Waals surface area contributed by atoms with Gasteiger partial charge in [-0.2, -0.15) is 0 Å². The Balaban J connectivity index is 1.57. The molecule has 6 nitrogen and oxygen atoms in total. The van der Waals surface area contributed by atoms with Crippen LogP contribution in [0.2, 0.25) is 0 Å². The highest BCUT2D eigenvalue weighted by Crippen LogP contribution is 2.26. The lowest BCUT2D eigenvalue weighted by atomic mass is 10.1. The molecule has 0 saturated carbocycles. The van der Waals surface area contributed by atoms with Crippen LogP contribution in [0.5, 0.6) is 0 Å². The minimum absolute atomic E-state index is 0.0876. The van der Waals surface area contributed by atoms with Crippen LogP contribution in [0.3, 0.4) is 0 Å². The Kier molecular flexibility index (Phi) is 6.04. The quantitative estimate of drug-likeness (QED) is 0.627. The van der Waals surface area contributed by atoms with Crippen molar-refractivity contribution in [3.63, 3.8) is 0 Å². The highest BCUT2D eigenvalue weighted by Gasteiger charge is 2.24. The third-order valence-corrected chi connectivity index (χ3v) is 5.86. The lowest BCUT2D eigenvalue weighted by Crippen LogP contribution is -2.38. The Labute approximate surface area is 178 Å². The van der Waals surface area contributed by atoms with Crippen LogP contribution in [0.25, 0.3) is 11.0 Å². The van der Waals surface area contributed by atoms with E-state index in [2.05, 4.69) is 34.6 Å². The molecule has 1 unspecified atom stereocenters. The van der Waals surface area contributed by atoms with Crippen molar-refractivity contribution in [1.82, 2.24) is 14.5 Å². The Bertz CT molecular complexity index is 1020. The van der Waals surface area contributed by atoms with Crippen molar-refractivity contribution in [2.45, 2.75) is 32.9 Å². The average Bonchev–Trinajstić information content (AvgIpc) is 3.17. The van der Waals surface area contributed by atoms with Gasteiger partial charge in [0.25, 0.3) is 0 Å². The number of aromatic nitrogens is 2. The molecule has 1 aliphatic heterocycles. The first kappa shape index (κ1) is 20.4. The first-order valence-electron chi connectivity index (χ1n) is 10.7. The monoisotopic (exact) mass is 406 g/mol. The zero-order valence-electron chi connectivity index (χ0n) is 18.0. The van der Waals surface area contributed by atoms with Crippen LogP contribution in [-0.2, 0) is 22.5 Å². The number of carbonyl (C=O) groups excluding carboxylic acids is 1. The van der Waals surface area contributed by atoms with Crippen LogP contribution in [0.4, 0.5) is 5.69 Å². The van der Waals surface area contributed by atoms with Gasteiger partial charge in [-0.3, -0.25) is 4.79 Å². The van der Waals surface area contributed by atoms with Crippen molar-refractivity contribution in [2.75, 3.05) is 38.3 Å². The predicted octanol–water partition coefficient (Wildman–Crippen LogP) is 3.65. The molecule has 1 aromatic heterocycles. The van der Waals surface area contributed by atoms with Crippen molar-refractivity contribution in [3.8, 4) is 0 Å². The third-order valence-electron chi connectivity index (χ3n) is 5.86. The molecular formula is C24H30N4O2. The molecule has 0 radical (unpaired) electrons. The molecule has 1 fully saturated rings. The number of fused-ring (bicyclic) bond motifs is 1. The number of ether oxygens (including phenoxy) is 1. The fraction of sp³-hybridized carbons (Fsp3) is 0.417. The number of anilines is 1. The second-order valence-electron chi connectivity index (χ2n) is 7.84. The molecule has 0 N–H and O–H groups in total. The zero-order valence-corrected chi connectivity index (χ0v) is 18.0. The maximum Gasteiger partial charge on any atom is 0.245 e. The van der Waals surface area contributed by atoms with E-state index in [0.717, 1.165) is 55.1 Å². The number of hydrogen-bond acceptors (Lipinski definition) is 4. The van der Waals surface area contributed by atoms with Crippen LogP contribution in [-0.4, -0.2) is 53.7 Å². The first-order valence-corrected chi connectivity index (χ1v) is 10.7. The fourth-order valence-corrected chi connectivity index (χ4v) is 4.30. The molecule has 0 bridgehead atoms. The van der Waals surface area contributed by atoms with E-state index in [0.29, 0.717) is 6.54 Å². The molecule has 1 saturated heterocycles. The van der Waals surface area contributed by atoms with Crippen LogP contribution in [0, 0.1) is 0 Å². The van der Waals surface area contributed by atoms with Gasteiger partial charge in [-0.05, 0) is 30.7 Å². The summed E-state index contributed by atoms with van der Waals surface area (Å²) >= 11 is 0. The van der Waals surface area contributed by atoms with Crippen LogP contribution in [0.15, 0.2) is 48.5 Å². The van der Waals surface area contributed by atoms with E-state index in [4.69, 9.17) is 9.72 Å².